The summed E-state index contributed by atoms with van der Waals surface area (Å²) in [6.45, 7) is 4.14. The van der Waals surface area contributed by atoms with E-state index in [1.807, 2.05) is 12.4 Å². The maximum Gasteiger partial charge on any atom is 0.137 e. The number of aryl methyl sites for hydroxylation is 2. The van der Waals surface area contributed by atoms with Crippen LogP contribution in [0.1, 0.15) is 11.1 Å². The molecule has 0 aliphatic rings. The molecule has 0 unspecified atom stereocenters. The Morgan fingerprint density at radius 2 is 0.818 bits per heavy atom. The van der Waals surface area contributed by atoms with E-state index < -0.39 is 0 Å². The van der Waals surface area contributed by atoms with Crippen LogP contribution in [0.15, 0.2) is 146 Å². The molecule has 8 rings (SSSR count). The summed E-state index contributed by atoms with van der Waals surface area (Å²) in [5.41, 5.74) is 6.60. The van der Waals surface area contributed by atoms with Crippen LogP contribution in [-0.2, 0) is 0 Å². The first kappa shape index (κ1) is 25.9. The normalized spacial score (nSPS) is 11.4. The minimum absolute atomic E-state index is 0.887. The Hall–Kier alpha value is -5.74. The Balaban J connectivity index is 1.41. The zero-order valence-corrected chi connectivity index (χ0v) is 24.6. The summed E-state index contributed by atoms with van der Waals surface area (Å²) in [4.78, 5) is 14.3. The molecule has 210 valence electrons. The SMILES string of the molecule is Cc1ccc(N(c2ccccc2)c2ccc3ccc4c(N(c5ccccc5)c5ccc(C)cn5)ccc5ccc2c3c54)nc1. The lowest BCUT2D eigenvalue weighted by atomic mass is 9.92. The molecular formula is C40H30N4. The summed E-state index contributed by atoms with van der Waals surface area (Å²) in [6.07, 6.45) is 3.87. The number of hydrogen-bond donors (Lipinski definition) is 0. The van der Waals surface area contributed by atoms with E-state index in [1.54, 1.807) is 0 Å². The van der Waals surface area contributed by atoms with Gasteiger partial charge in [-0.3, -0.25) is 9.80 Å². The Labute approximate surface area is 256 Å². The molecule has 0 spiro atoms. The average molecular weight is 567 g/mol. The molecule has 4 nitrogen and oxygen atoms in total. The van der Waals surface area contributed by atoms with Crippen LogP contribution in [0, 0.1) is 13.8 Å². The van der Waals surface area contributed by atoms with Crippen molar-refractivity contribution in [1.29, 1.82) is 0 Å². The highest BCUT2D eigenvalue weighted by Crippen LogP contribution is 2.46. The molecule has 0 atom stereocenters. The van der Waals surface area contributed by atoms with Gasteiger partial charge in [0, 0.05) is 34.5 Å². The second-order valence-electron chi connectivity index (χ2n) is 11.3. The standard InChI is InChI=1S/C40H30N4/c1-27-13-23-37(41-25-27)43(31-9-5-3-6-10-31)35-21-17-29-16-20-34-36(22-18-30-15-19-33(35)39(29)40(30)34)44(32-11-7-4-8-12-32)38-24-14-28(2)26-42-38/h3-26H,1-2H3. The molecule has 6 aromatic carbocycles. The molecule has 0 N–H and O–H groups in total. The smallest absolute Gasteiger partial charge is 0.137 e. The summed E-state index contributed by atoms with van der Waals surface area (Å²) in [5.74, 6) is 1.77. The van der Waals surface area contributed by atoms with Gasteiger partial charge in [0.1, 0.15) is 11.6 Å². The summed E-state index contributed by atoms with van der Waals surface area (Å²) in [5, 5.41) is 7.29. The van der Waals surface area contributed by atoms with E-state index in [9.17, 15) is 0 Å². The van der Waals surface area contributed by atoms with Gasteiger partial charge in [-0.1, -0.05) is 84.9 Å². The lowest BCUT2D eigenvalue weighted by Crippen LogP contribution is -2.13. The maximum absolute atomic E-state index is 4.86. The van der Waals surface area contributed by atoms with Crippen LogP contribution in [0.5, 0.6) is 0 Å². The van der Waals surface area contributed by atoms with Crippen LogP contribution < -0.4 is 9.80 Å². The third-order valence-electron chi connectivity index (χ3n) is 8.38. The molecule has 2 heterocycles. The molecule has 0 saturated carbocycles. The first-order valence-corrected chi connectivity index (χ1v) is 14.9. The van der Waals surface area contributed by atoms with Crippen molar-refractivity contribution < 1.29 is 0 Å². The summed E-state index contributed by atoms with van der Waals surface area (Å²) >= 11 is 0. The molecule has 0 bridgehead atoms. The molecule has 0 aliphatic heterocycles. The first-order chi connectivity index (χ1) is 21.7. The summed E-state index contributed by atoms with van der Waals surface area (Å²) in [6, 6.07) is 47.4. The van der Waals surface area contributed by atoms with Gasteiger partial charge in [0.25, 0.3) is 0 Å². The number of rotatable bonds is 6. The number of benzene rings is 6. The molecule has 0 fully saturated rings. The van der Waals surface area contributed by atoms with Crippen LogP contribution in [-0.4, -0.2) is 9.97 Å². The van der Waals surface area contributed by atoms with E-state index in [4.69, 9.17) is 9.97 Å². The van der Waals surface area contributed by atoms with Gasteiger partial charge in [0.05, 0.1) is 11.4 Å². The van der Waals surface area contributed by atoms with Crippen molar-refractivity contribution in [3.8, 4) is 0 Å². The van der Waals surface area contributed by atoms with E-state index in [2.05, 4.69) is 157 Å². The van der Waals surface area contributed by atoms with Gasteiger partial charge < -0.3 is 0 Å². The van der Waals surface area contributed by atoms with Crippen LogP contribution in [0.2, 0.25) is 0 Å². The van der Waals surface area contributed by atoms with Crippen molar-refractivity contribution in [1.82, 2.24) is 9.97 Å². The Morgan fingerprint density at radius 3 is 1.20 bits per heavy atom. The highest BCUT2D eigenvalue weighted by molar-refractivity contribution is 6.28. The van der Waals surface area contributed by atoms with Crippen molar-refractivity contribution in [2.75, 3.05) is 9.80 Å². The van der Waals surface area contributed by atoms with Crippen LogP contribution in [0.4, 0.5) is 34.4 Å². The molecule has 44 heavy (non-hydrogen) atoms. The Bertz CT molecular complexity index is 2060. The molecule has 2 aromatic heterocycles. The molecule has 0 amide bonds. The topological polar surface area (TPSA) is 32.3 Å². The minimum Gasteiger partial charge on any atom is -0.294 e. The number of anilines is 6. The van der Waals surface area contributed by atoms with Crippen molar-refractivity contribution >= 4 is 66.7 Å². The highest BCUT2D eigenvalue weighted by atomic mass is 15.2. The fourth-order valence-corrected chi connectivity index (χ4v) is 6.29. The van der Waals surface area contributed by atoms with E-state index in [1.165, 1.54) is 32.3 Å². The maximum atomic E-state index is 4.86. The van der Waals surface area contributed by atoms with Crippen molar-refractivity contribution in [2.45, 2.75) is 13.8 Å². The summed E-state index contributed by atoms with van der Waals surface area (Å²) < 4.78 is 0. The predicted octanol–water partition coefficient (Wildman–Crippen LogP) is 10.9. The van der Waals surface area contributed by atoms with E-state index in [0.29, 0.717) is 0 Å². The van der Waals surface area contributed by atoms with E-state index in [-0.39, 0.29) is 0 Å². The molecule has 0 aliphatic carbocycles. The largest absolute Gasteiger partial charge is 0.294 e. The van der Waals surface area contributed by atoms with Gasteiger partial charge in [0.15, 0.2) is 0 Å². The highest BCUT2D eigenvalue weighted by Gasteiger charge is 2.22. The molecule has 0 radical (unpaired) electrons. The molecule has 8 aromatic rings. The second kappa shape index (κ2) is 10.5. The number of para-hydroxylation sites is 2. The van der Waals surface area contributed by atoms with Gasteiger partial charge in [-0.2, -0.15) is 0 Å². The third-order valence-corrected chi connectivity index (χ3v) is 8.38. The average Bonchev–Trinajstić information content (AvgIpc) is 3.07. The fourth-order valence-electron chi connectivity index (χ4n) is 6.29. The first-order valence-electron chi connectivity index (χ1n) is 14.9. The van der Waals surface area contributed by atoms with Gasteiger partial charge in [0.2, 0.25) is 0 Å². The third kappa shape index (κ3) is 4.31. The van der Waals surface area contributed by atoms with Crippen molar-refractivity contribution in [3.63, 3.8) is 0 Å². The number of nitrogens with zero attached hydrogens (tertiary/aromatic N) is 4. The monoisotopic (exact) mass is 566 g/mol. The van der Waals surface area contributed by atoms with Crippen LogP contribution in [0.3, 0.4) is 0 Å². The lowest BCUT2D eigenvalue weighted by Gasteiger charge is -2.28. The van der Waals surface area contributed by atoms with E-state index in [0.717, 1.165) is 45.5 Å². The second-order valence-corrected chi connectivity index (χ2v) is 11.3. The number of aromatic nitrogens is 2. The molecule has 4 heteroatoms. The zero-order valence-electron chi connectivity index (χ0n) is 24.6. The van der Waals surface area contributed by atoms with Crippen LogP contribution >= 0.6 is 0 Å². The molecule has 0 saturated heterocycles. The van der Waals surface area contributed by atoms with Gasteiger partial charge in [-0.15, -0.1) is 0 Å². The Morgan fingerprint density at radius 1 is 0.409 bits per heavy atom. The zero-order chi connectivity index (χ0) is 29.6. The van der Waals surface area contributed by atoms with Crippen molar-refractivity contribution in [2.24, 2.45) is 0 Å². The van der Waals surface area contributed by atoms with Crippen molar-refractivity contribution in [3.05, 3.63) is 157 Å². The van der Waals surface area contributed by atoms with Crippen LogP contribution in [0.25, 0.3) is 32.3 Å². The lowest BCUT2D eigenvalue weighted by molar-refractivity contribution is 1.17. The van der Waals surface area contributed by atoms with Gasteiger partial charge in [-0.05, 0) is 95.1 Å². The minimum atomic E-state index is 0.887. The predicted molar refractivity (Wildman–Crippen MR) is 185 cm³/mol. The number of pyridine rings is 2. The van der Waals surface area contributed by atoms with Gasteiger partial charge in [-0.25, -0.2) is 9.97 Å². The quantitative estimate of drug-likeness (QED) is 0.187. The van der Waals surface area contributed by atoms with Gasteiger partial charge >= 0.3 is 0 Å². The fraction of sp³-hybridized carbons (Fsp3) is 0.0500. The number of hydrogen-bond acceptors (Lipinski definition) is 4. The summed E-state index contributed by atoms with van der Waals surface area (Å²) in [7, 11) is 0. The molecular weight excluding hydrogens is 536 g/mol. The van der Waals surface area contributed by atoms with E-state index >= 15 is 0 Å². The Kier molecular flexibility index (Phi) is 6.20.